The van der Waals surface area contributed by atoms with E-state index in [0.29, 0.717) is 17.8 Å². The SMILES string of the molecule is Cc1cc([C@H](/C(Cc2ccccc2C)=N/O)c2ccc(NC(C)(CCl)C(=O)O)cc2)ccn1. The number of hydrogen-bond donors (Lipinski definition) is 3. The molecule has 172 valence electrons. The molecular weight excluding hydrogens is 438 g/mol. The number of aryl methyl sites for hydroxylation is 2. The molecule has 6 nitrogen and oxygen atoms in total. The van der Waals surface area contributed by atoms with Gasteiger partial charge in [0, 0.05) is 24.0 Å². The lowest BCUT2D eigenvalue weighted by molar-refractivity contribution is -0.140. The number of nitrogens with zero attached hydrogens (tertiary/aromatic N) is 2. The smallest absolute Gasteiger partial charge is 0.330 e. The number of nitrogens with one attached hydrogen (secondary N) is 1. The van der Waals surface area contributed by atoms with Gasteiger partial charge in [-0.25, -0.2) is 4.79 Å². The summed E-state index contributed by atoms with van der Waals surface area (Å²) in [7, 11) is 0. The number of carbonyl (C=O) groups is 1. The third-order valence-electron chi connectivity index (χ3n) is 5.75. The summed E-state index contributed by atoms with van der Waals surface area (Å²) in [4.78, 5) is 15.9. The maximum atomic E-state index is 11.6. The van der Waals surface area contributed by atoms with E-state index in [9.17, 15) is 15.1 Å². The summed E-state index contributed by atoms with van der Waals surface area (Å²) in [6.45, 7) is 5.49. The lowest BCUT2D eigenvalue weighted by Crippen LogP contribution is -2.45. The fourth-order valence-corrected chi connectivity index (χ4v) is 3.93. The molecule has 1 heterocycles. The Hall–Kier alpha value is -3.38. The number of alkyl halides is 1. The first-order valence-electron chi connectivity index (χ1n) is 10.6. The highest BCUT2D eigenvalue weighted by molar-refractivity contribution is 6.20. The summed E-state index contributed by atoms with van der Waals surface area (Å²) in [6, 6.07) is 19.4. The number of halogens is 1. The molecule has 3 rings (SSSR count). The van der Waals surface area contributed by atoms with E-state index < -0.39 is 11.5 Å². The van der Waals surface area contributed by atoms with Crippen LogP contribution in [-0.4, -0.2) is 38.4 Å². The van der Waals surface area contributed by atoms with Crippen LogP contribution < -0.4 is 5.32 Å². The van der Waals surface area contributed by atoms with Crippen LogP contribution in [0.3, 0.4) is 0 Å². The van der Waals surface area contributed by atoms with Crippen LogP contribution in [0, 0.1) is 13.8 Å². The highest BCUT2D eigenvalue weighted by Gasteiger charge is 2.32. The standard InChI is InChI=1S/C26H28ClN3O3/c1-17-6-4-5-7-20(17)15-23(30-33)24(21-12-13-28-18(2)14-21)19-8-10-22(11-9-19)29-26(3,16-27)25(31)32/h4-14,24,29,33H,15-16H2,1-3H3,(H,31,32)/b30-23+/t24-,26?/m1/s1. The largest absolute Gasteiger partial charge is 0.479 e. The first kappa shape index (κ1) is 24.3. The van der Waals surface area contributed by atoms with Gasteiger partial charge < -0.3 is 15.6 Å². The van der Waals surface area contributed by atoms with E-state index in [1.54, 1.807) is 6.20 Å². The first-order valence-corrected chi connectivity index (χ1v) is 11.2. The number of aromatic nitrogens is 1. The summed E-state index contributed by atoms with van der Waals surface area (Å²) in [5, 5.41) is 26.2. The van der Waals surface area contributed by atoms with Crippen LogP contribution in [0.5, 0.6) is 0 Å². The van der Waals surface area contributed by atoms with E-state index in [4.69, 9.17) is 11.6 Å². The number of carboxylic acid groups (broad SMARTS) is 1. The van der Waals surface area contributed by atoms with Crippen molar-refractivity contribution in [1.82, 2.24) is 4.98 Å². The average molecular weight is 466 g/mol. The van der Waals surface area contributed by atoms with Gasteiger partial charge in [-0.1, -0.05) is 41.6 Å². The summed E-state index contributed by atoms with van der Waals surface area (Å²) >= 11 is 5.89. The topological polar surface area (TPSA) is 94.8 Å². The molecule has 0 aliphatic heterocycles. The first-order chi connectivity index (χ1) is 15.8. The molecule has 3 aromatic rings. The number of carboxylic acids is 1. The number of aliphatic carboxylic acids is 1. The molecular formula is C26H28ClN3O3. The Balaban J connectivity index is 2.00. The van der Waals surface area contributed by atoms with Gasteiger partial charge in [0.05, 0.1) is 17.5 Å². The normalized spacial score (nSPS) is 14.4. The van der Waals surface area contributed by atoms with Gasteiger partial charge in [-0.2, -0.15) is 0 Å². The van der Waals surface area contributed by atoms with Crippen LogP contribution in [0.25, 0.3) is 0 Å². The highest BCUT2D eigenvalue weighted by atomic mass is 35.5. The lowest BCUT2D eigenvalue weighted by Gasteiger charge is -2.25. The summed E-state index contributed by atoms with van der Waals surface area (Å²) in [5.74, 6) is -1.41. The van der Waals surface area contributed by atoms with Gasteiger partial charge >= 0.3 is 5.97 Å². The molecule has 0 radical (unpaired) electrons. The van der Waals surface area contributed by atoms with Crippen molar-refractivity contribution in [2.75, 3.05) is 11.2 Å². The number of anilines is 1. The van der Waals surface area contributed by atoms with E-state index in [1.807, 2.05) is 74.5 Å². The van der Waals surface area contributed by atoms with Crippen molar-refractivity contribution in [2.24, 2.45) is 5.16 Å². The van der Waals surface area contributed by atoms with Gasteiger partial charge in [-0.15, -0.1) is 11.6 Å². The second kappa shape index (κ2) is 10.5. The monoisotopic (exact) mass is 465 g/mol. The van der Waals surface area contributed by atoms with Crippen molar-refractivity contribution in [1.29, 1.82) is 0 Å². The van der Waals surface area contributed by atoms with Gasteiger partial charge in [0.15, 0.2) is 0 Å². The number of oxime groups is 1. The van der Waals surface area contributed by atoms with Gasteiger partial charge in [0.1, 0.15) is 5.54 Å². The van der Waals surface area contributed by atoms with Crippen LogP contribution in [-0.2, 0) is 11.2 Å². The highest BCUT2D eigenvalue weighted by Crippen LogP contribution is 2.30. The third kappa shape index (κ3) is 5.71. The van der Waals surface area contributed by atoms with Crippen molar-refractivity contribution in [3.8, 4) is 0 Å². The molecule has 2 aromatic carbocycles. The molecule has 2 atom stereocenters. The Morgan fingerprint density at radius 2 is 1.82 bits per heavy atom. The maximum Gasteiger partial charge on any atom is 0.330 e. The van der Waals surface area contributed by atoms with Gasteiger partial charge in [-0.05, 0) is 67.3 Å². The molecule has 0 saturated carbocycles. The predicted molar refractivity (Wildman–Crippen MR) is 132 cm³/mol. The van der Waals surface area contributed by atoms with Gasteiger partial charge in [0.2, 0.25) is 0 Å². The second-order valence-corrected chi connectivity index (χ2v) is 8.64. The predicted octanol–water partition coefficient (Wildman–Crippen LogP) is 5.40. The van der Waals surface area contributed by atoms with Crippen molar-refractivity contribution in [2.45, 2.75) is 38.6 Å². The van der Waals surface area contributed by atoms with E-state index >= 15 is 0 Å². The molecule has 3 N–H and O–H groups in total. The minimum absolute atomic E-state index is 0.0826. The van der Waals surface area contributed by atoms with Crippen molar-refractivity contribution >= 4 is 29.0 Å². The Labute approximate surface area is 199 Å². The quantitative estimate of drug-likeness (QED) is 0.170. The average Bonchev–Trinajstić information content (AvgIpc) is 2.80. The molecule has 1 aromatic heterocycles. The Morgan fingerprint density at radius 3 is 2.39 bits per heavy atom. The fourth-order valence-electron chi connectivity index (χ4n) is 3.74. The second-order valence-electron chi connectivity index (χ2n) is 8.38. The Bertz CT molecular complexity index is 1150. The molecule has 0 amide bonds. The molecule has 0 fully saturated rings. The Morgan fingerprint density at radius 1 is 1.12 bits per heavy atom. The molecule has 0 saturated heterocycles. The molecule has 7 heteroatoms. The van der Waals surface area contributed by atoms with Crippen LogP contribution in [0.15, 0.2) is 72.0 Å². The number of benzene rings is 2. The molecule has 0 spiro atoms. The molecule has 0 bridgehead atoms. The summed E-state index contributed by atoms with van der Waals surface area (Å²) in [6.07, 6.45) is 2.23. The molecule has 1 unspecified atom stereocenters. The number of pyridine rings is 1. The van der Waals surface area contributed by atoms with Crippen molar-refractivity contribution in [3.05, 3.63) is 94.8 Å². The minimum atomic E-state index is -1.28. The van der Waals surface area contributed by atoms with E-state index in [1.165, 1.54) is 6.92 Å². The molecule has 0 aliphatic carbocycles. The zero-order valence-electron chi connectivity index (χ0n) is 18.9. The lowest BCUT2D eigenvalue weighted by atomic mass is 9.84. The van der Waals surface area contributed by atoms with E-state index in [2.05, 4.69) is 15.5 Å². The Kier molecular flexibility index (Phi) is 7.71. The summed E-state index contributed by atoms with van der Waals surface area (Å²) in [5.41, 5.74) is 4.89. The van der Waals surface area contributed by atoms with Crippen molar-refractivity contribution in [3.63, 3.8) is 0 Å². The third-order valence-corrected chi connectivity index (χ3v) is 6.29. The van der Waals surface area contributed by atoms with Crippen LogP contribution in [0.1, 0.15) is 40.8 Å². The number of hydrogen-bond acceptors (Lipinski definition) is 5. The van der Waals surface area contributed by atoms with Crippen LogP contribution in [0.2, 0.25) is 0 Å². The van der Waals surface area contributed by atoms with Crippen LogP contribution in [0.4, 0.5) is 5.69 Å². The molecule has 0 aliphatic rings. The van der Waals surface area contributed by atoms with E-state index in [-0.39, 0.29) is 11.8 Å². The van der Waals surface area contributed by atoms with E-state index in [0.717, 1.165) is 27.9 Å². The fraction of sp³-hybridized carbons (Fsp3) is 0.269. The number of rotatable bonds is 9. The van der Waals surface area contributed by atoms with Gasteiger partial charge in [-0.3, -0.25) is 4.98 Å². The molecule has 33 heavy (non-hydrogen) atoms. The zero-order valence-corrected chi connectivity index (χ0v) is 19.7. The van der Waals surface area contributed by atoms with Crippen LogP contribution >= 0.6 is 11.6 Å². The minimum Gasteiger partial charge on any atom is -0.479 e. The maximum absolute atomic E-state index is 11.6. The summed E-state index contributed by atoms with van der Waals surface area (Å²) < 4.78 is 0. The zero-order chi connectivity index (χ0) is 24.0. The van der Waals surface area contributed by atoms with Gasteiger partial charge in [0.25, 0.3) is 0 Å². The van der Waals surface area contributed by atoms with Crippen molar-refractivity contribution < 1.29 is 15.1 Å².